The van der Waals surface area contributed by atoms with Crippen molar-refractivity contribution in [2.45, 2.75) is 0 Å². The van der Waals surface area contributed by atoms with E-state index in [1.165, 1.54) is 32.6 Å². The molecule has 0 unspecified atom stereocenters. The summed E-state index contributed by atoms with van der Waals surface area (Å²) >= 11 is 0. The van der Waals surface area contributed by atoms with E-state index in [4.69, 9.17) is 0 Å². The van der Waals surface area contributed by atoms with Crippen LogP contribution in [0.25, 0.3) is 93.6 Å². The van der Waals surface area contributed by atoms with E-state index >= 15 is 0 Å². The number of nitriles is 2. The third kappa shape index (κ3) is 4.51. The van der Waals surface area contributed by atoms with Crippen LogP contribution in [0.15, 0.2) is 176 Å². The van der Waals surface area contributed by atoms with Gasteiger partial charge in [0.25, 0.3) is 0 Å². The number of nitrogens with zero attached hydrogens (tertiary/aromatic N) is 5. The van der Waals surface area contributed by atoms with Crippen LogP contribution in [0.3, 0.4) is 0 Å². The molecule has 8 aromatic carbocycles. The molecule has 3 heterocycles. The Balaban J connectivity index is 1.01. The zero-order valence-electron chi connectivity index (χ0n) is 29.5. The predicted octanol–water partition coefficient (Wildman–Crippen LogP) is 12.4. The Morgan fingerprint density at radius 2 is 0.818 bits per heavy atom. The summed E-state index contributed by atoms with van der Waals surface area (Å²) in [7, 11) is 0. The summed E-state index contributed by atoms with van der Waals surface area (Å²) < 4.78 is 6.81. The molecule has 0 saturated heterocycles. The Bertz CT molecular complexity index is 3400. The molecule has 3 aromatic heterocycles. The highest BCUT2D eigenvalue weighted by atomic mass is 15.0. The van der Waals surface area contributed by atoms with Crippen LogP contribution in [0.4, 0.5) is 0 Å². The van der Waals surface area contributed by atoms with Crippen molar-refractivity contribution in [1.29, 1.82) is 10.5 Å². The number of hydrogen-bond donors (Lipinski definition) is 0. The molecule has 0 amide bonds. The van der Waals surface area contributed by atoms with Gasteiger partial charge in [0.2, 0.25) is 0 Å². The fraction of sp³-hybridized carbons (Fsp3) is 0. The lowest BCUT2D eigenvalue weighted by Crippen LogP contribution is -1.98. The smallest absolute Gasteiger partial charge is 0.101 e. The summed E-state index contributed by atoms with van der Waals surface area (Å²) in [6.45, 7) is 0. The van der Waals surface area contributed by atoms with Crippen LogP contribution in [0.1, 0.15) is 11.1 Å². The second-order valence-electron chi connectivity index (χ2n) is 14.0. The Hall–Kier alpha value is -7.86. The average molecular weight is 700 g/mol. The van der Waals surface area contributed by atoms with Crippen LogP contribution in [-0.2, 0) is 0 Å². The summed E-state index contributed by atoms with van der Waals surface area (Å²) in [6, 6.07) is 66.0. The predicted molar refractivity (Wildman–Crippen MR) is 224 cm³/mol. The number of aromatic nitrogens is 3. The Morgan fingerprint density at radius 3 is 1.42 bits per heavy atom. The van der Waals surface area contributed by atoms with E-state index in [-0.39, 0.29) is 0 Å². The Kier molecular flexibility index (Phi) is 6.61. The van der Waals surface area contributed by atoms with Gasteiger partial charge in [-0.1, -0.05) is 97.1 Å². The van der Waals surface area contributed by atoms with Crippen molar-refractivity contribution in [3.63, 3.8) is 0 Å². The molecule has 254 valence electrons. The molecule has 0 fully saturated rings. The molecule has 55 heavy (non-hydrogen) atoms. The van der Waals surface area contributed by atoms with Crippen molar-refractivity contribution >= 4 is 65.4 Å². The van der Waals surface area contributed by atoms with Gasteiger partial charge in [0.05, 0.1) is 56.0 Å². The van der Waals surface area contributed by atoms with Crippen LogP contribution in [-0.4, -0.2) is 13.7 Å². The second-order valence-corrected chi connectivity index (χ2v) is 14.0. The average Bonchev–Trinajstić information content (AvgIpc) is 3.88. The molecule has 0 N–H and O–H groups in total. The van der Waals surface area contributed by atoms with Crippen molar-refractivity contribution in [3.05, 3.63) is 187 Å². The van der Waals surface area contributed by atoms with Gasteiger partial charge in [-0.2, -0.15) is 10.5 Å². The first-order valence-electron chi connectivity index (χ1n) is 18.3. The van der Waals surface area contributed by atoms with Gasteiger partial charge in [0, 0.05) is 43.7 Å². The first-order chi connectivity index (χ1) is 27.2. The highest BCUT2D eigenvalue weighted by Crippen LogP contribution is 2.38. The molecular formula is C50H29N5. The number of para-hydroxylation sites is 4. The summed E-state index contributed by atoms with van der Waals surface area (Å²) in [6.07, 6.45) is 0. The summed E-state index contributed by atoms with van der Waals surface area (Å²) in [5.74, 6) is 0. The maximum Gasteiger partial charge on any atom is 0.101 e. The number of benzene rings is 8. The van der Waals surface area contributed by atoms with Crippen molar-refractivity contribution in [2.24, 2.45) is 0 Å². The topological polar surface area (TPSA) is 62.4 Å². The van der Waals surface area contributed by atoms with Crippen molar-refractivity contribution in [1.82, 2.24) is 13.7 Å². The molecule has 0 radical (unpaired) electrons. The third-order valence-electron chi connectivity index (χ3n) is 11.1. The second kappa shape index (κ2) is 11.8. The fourth-order valence-electron chi connectivity index (χ4n) is 8.68. The normalized spacial score (nSPS) is 11.6. The molecule has 0 aliphatic carbocycles. The monoisotopic (exact) mass is 699 g/mol. The van der Waals surface area contributed by atoms with Crippen LogP contribution in [0.5, 0.6) is 0 Å². The van der Waals surface area contributed by atoms with Gasteiger partial charge in [-0.25, -0.2) is 0 Å². The van der Waals surface area contributed by atoms with E-state index in [2.05, 4.69) is 159 Å². The lowest BCUT2D eigenvalue weighted by molar-refractivity contribution is 1.16. The molecule has 5 heteroatoms. The molecule has 11 aromatic rings. The highest BCUT2D eigenvalue weighted by Gasteiger charge is 2.18. The molecule has 11 rings (SSSR count). The molecule has 0 saturated carbocycles. The molecular weight excluding hydrogens is 671 g/mol. The van der Waals surface area contributed by atoms with Crippen molar-refractivity contribution in [3.8, 4) is 40.3 Å². The Morgan fingerprint density at radius 1 is 0.327 bits per heavy atom. The van der Waals surface area contributed by atoms with E-state index in [0.717, 1.165) is 61.0 Å². The van der Waals surface area contributed by atoms with Gasteiger partial charge in [-0.05, 0) is 90.0 Å². The van der Waals surface area contributed by atoms with Crippen molar-refractivity contribution < 1.29 is 0 Å². The zero-order chi connectivity index (χ0) is 36.6. The van der Waals surface area contributed by atoms with E-state index < -0.39 is 0 Å². The minimum Gasteiger partial charge on any atom is -0.309 e. The van der Waals surface area contributed by atoms with Crippen LogP contribution < -0.4 is 0 Å². The largest absolute Gasteiger partial charge is 0.309 e. The van der Waals surface area contributed by atoms with E-state index in [1.54, 1.807) is 0 Å². The lowest BCUT2D eigenvalue weighted by Gasteiger charge is -2.13. The van der Waals surface area contributed by atoms with E-state index in [9.17, 15) is 10.5 Å². The molecule has 0 spiro atoms. The molecule has 0 atom stereocenters. The Labute approximate surface area is 316 Å². The van der Waals surface area contributed by atoms with Gasteiger partial charge < -0.3 is 13.7 Å². The standard InChI is InChI=1S/C50H29N5/c51-30-32-17-24-42-40-11-3-8-16-48(40)55(50(42)27-32)44-25-20-34(28-35(44)31-52)33-18-21-36(22-19-33)53-47-15-7-4-12-41(47)43-29-37(23-26-49(43)53)54-45-13-5-1-9-38(45)39-10-2-6-14-46(39)54/h1-29H. The van der Waals surface area contributed by atoms with Crippen LogP contribution in [0.2, 0.25) is 0 Å². The number of rotatable bonds is 4. The van der Waals surface area contributed by atoms with Gasteiger partial charge >= 0.3 is 0 Å². The maximum absolute atomic E-state index is 10.5. The molecule has 0 aliphatic rings. The first-order valence-corrected chi connectivity index (χ1v) is 18.3. The van der Waals surface area contributed by atoms with Gasteiger partial charge in [0.15, 0.2) is 0 Å². The lowest BCUT2D eigenvalue weighted by atomic mass is 10.0. The molecule has 5 nitrogen and oxygen atoms in total. The summed E-state index contributed by atoms with van der Waals surface area (Å²) in [4.78, 5) is 0. The van der Waals surface area contributed by atoms with Crippen molar-refractivity contribution in [2.75, 3.05) is 0 Å². The SMILES string of the molecule is N#Cc1ccc2c3ccccc3n(-c3ccc(-c4ccc(-n5c6ccccc6c6cc(-n7c8ccccc8c8ccccc87)ccc65)cc4)cc3C#N)c2c1. The maximum atomic E-state index is 10.5. The molecule has 0 aliphatic heterocycles. The highest BCUT2D eigenvalue weighted by molar-refractivity contribution is 6.12. The zero-order valence-corrected chi connectivity index (χ0v) is 29.5. The minimum atomic E-state index is 0.563. The fourth-order valence-corrected chi connectivity index (χ4v) is 8.68. The van der Waals surface area contributed by atoms with Gasteiger partial charge in [0.1, 0.15) is 6.07 Å². The van der Waals surface area contributed by atoms with Gasteiger partial charge in [-0.15, -0.1) is 0 Å². The van der Waals surface area contributed by atoms with Crippen LogP contribution in [0, 0.1) is 22.7 Å². The number of fused-ring (bicyclic) bond motifs is 9. The molecule has 0 bridgehead atoms. The summed E-state index contributed by atoms with van der Waals surface area (Å²) in [5, 5.41) is 27.2. The van der Waals surface area contributed by atoms with E-state index in [0.29, 0.717) is 11.1 Å². The summed E-state index contributed by atoms with van der Waals surface area (Å²) in [5.41, 5.74) is 12.7. The van der Waals surface area contributed by atoms with E-state index in [1.807, 2.05) is 42.5 Å². The first kappa shape index (κ1) is 30.7. The third-order valence-corrected chi connectivity index (χ3v) is 11.1. The quantitative estimate of drug-likeness (QED) is 0.184. The van der Waals surface area contributed by atoms with Crippen LogP contribution >= 0.6 is 0 Å². The number of hydrogen-bond acceptors (Lipinski definition) is 2. The van der Waals surface area contributed by atoms with Gasteiger partial charge in [-0.3, -0.25) is 0 Å². The minimum absolute atomic E-state index is 0.563.